The number of fused-ring (bicyclic) bond motifs is 7. The summed E-state index contributed by atoms with van der Waals surface area (Å²) in [6.45, 7) is 0. The Morgan fingerprint density at radius 1 is 0.388 bits per heavy atom. The molecule has 2 heterocycles. The fourth-order valence-corrected chi connectivity index (χ4v) is 8.33. The summed E-state index contributed by atoms with van der Waals surface area (Å²) in [6, 6.07) is 63.3. The molecule has 8 aromatic carbocycles. The Balaban J connectivity index is 1.08. The van der Waals surface area contributed by atoms with Crippen LogP contribution in [0.1, 0.15) is 0 Å². The molecule has 0 atom stereocenters. The second kappa shape index (κ2) is 11.2. The molecule has 0 fully saturated rings. The molecule has 2 aromatic heterocycles. The third kappa shape index (κ3) is 4.70. The molecule has 0 aliphatic heterocycles. The Morgan fingerprint density at radius 3 is 1.98 bits per heavy atom. The van der Waals surface area contributed by atoms with Gasteiger partial charge in [-0.3, -0.25) is 0 Å². The number of hydrogen-bond acceptors (Lipinski definition) is 3. The number of nitrogens with zero attached hydrogens (tertiary/aromatic N) is 1. The Kier molecular flexibility index (Phi) is 6.39. The lowest BCUT2D eigenvalue weighted by Crippen LogP contribution is -2.09. The van der Waals surface area contributed by atoms with Crippen molar-refractivity contribution in [2.45, 2.75) is 0 Å². The van der Waals surface area contributed by atoms with Crippen LogP contribution in [-0.4, -0.2) is 0 Å². The average Bonchev–Trinajstić information content (AvgIpc) is 3.73. The highest BCUT2D eigenvalue weighted by molar-refractivity contribution is 7.25. The maximum atomic E-state index is 6.45. The molecule has 0 amide bonds. The molecule has 0 aliphatic rings. The Morgan fingerprint density at radius 2 is 1.08 bits per heavy atom. The first-order valence-electron chi connectivity index (χ1n) is 16.6. The number of benzene rings is 8. The number of para-hydroxylation sites is 1. The largest absolute Gasteiger partial charge is 0.455 e. The Labute approximate surface area is 287 Å². The summed E-state index contributed by atoms with van der Waals surface area (Å²) in [4.78, 5) is 2.37. The molecule has 10 rings (SSSR count). The normalized spacial score (nSPS) is 11.7. The van der Waals surface area contributed by atoms with Crippen molar-refractivity contribution in [1.29, 1.82) is 0 Å². The second-order valence-electron chi connectivity index (χ2n) is 12.6. The van der Waals surface area contributed by atoms with Crippen LogP contribution >= 0.6 is 11.3 Å². The molecule has 0 aliphatic carbocycles. The van der Waals surface area contributed by atoms with Crippen molar-refractivity contribution in [3.8, 4) is 22.3 Å². The van der Waals surface area contributed by atoms with Crippen LogP contribution in [0.15, 0.2) is 180 Å². The fourth-order valence-electron chi connectivity index (χ4n) is 7.24. The number of anilines is 3. The molecule has 0 saturated carbocycles. The van der Waals surface area contributed by atoms with E-state index in [1.807, 2.05) is 17.4 Å². The highest BCUT2D eigenvalue weighted by atomic mass is 32.1. The summed E-state index contributed by atoms with van der Waals surface area (Å²) >= 11 is 1.85. The van der Waals surface area contributed by atoms with Gasteiger partial charge in [-0.25, -0.2) is 0 Å². The summed E-state index contributed by atoms with van der Waals surface area (Å²) in [5, 5.41) is 7.31. The zero-order chi connectivity index (χ0) is 32.3. The van der Waals surface area contributed by atoms with Crippen LogP contribution in [0.2, 0.25) is 0 Å². The minimum Gasteiger partial charge on any atom is -0.455 e. The first-order chi connectivity index (χ1) is 24.3. The van der Waals surface area contributed by atoms with Crippen LogP contribution in [0.3, 0.4) is 0 Å². The average molecular weight is 644 g/mol. The molecule has 49 heavy (non-hydrogen) atoms. The molecule has 0 spiro atoms. The van der Waals surface area contributed by atoms with E-state index in [0.717, 1.165) is 61.3 Å². The number of thiophene rings is 1. The van der Waals surface area contributed by atoms with E-state index in [4.69, 9.17) is 4.42 Å². The van der Waals surface area contributed by atoms with Gasteiger partial charge >= 0.3 is 0 Å². The standard InChI is InChI=1S/C46H29NOS/c1-2-10-32(11-3-1)38-14-8-15-40-41-28-34(20-25-43(41)48-46(38)40)31-17-21-35(22-18-31)47(36-23-19-30-9-4-5-12-33(30)27-36)37-24-26-45-42(29-37)39-13-6-7-16-44(39)49-45/h1-29H. The minimum absolute atomic E-state index is 0.901. The van der Waals surface area contributed by atoms with Crippen molar-refractivity contribution in [3.63, 3.8) is 0 Å². The van der Waals surface area contributed by atoms with E-state index >= 15 is 0 Å². The molecule has 3 heteroatoms. The van der Waals surface area contributed by atoms with Crippen LogP contribution in [0.25, 0.3) is 75.1 Å². The fraction of sp³-hybridized carbons (Fsp3) is 0. The van der Waals surface area contributed by atoms with Crippen molar-refractivity contribution >= 4 is 81.3 Å². The summed E-state index contributed by atoms with van der Waals surface area (Å²) < 4.78 is 9.07. The number of furan rings is 1. The van der Waals surface area contributed by atoms with Gasteiger partial charge < -0.3 is 9.32 Å². The number of rotatable bonds is 5. The predicted octanol–water partition coefficient (Wildman–Crippen LogP) is 13.9. The molecule has 0 radical (unpaired) electrons. The highest BCUT2D eigenvalue weighted by Gasteiger charge is 2.17. The van der Waals surface area contributed by atoms with Gasteiger partial charge in [0.05, 0.1) is 0 Å². The molecule has 2 nitrogen and oxygen atoms in total. The third-order valence-corrected chi connectivity index (χ3v) is 10.8. The molecule has 0 unspecified atom stereocenters. The zero-order valence-corrected chi connectivity index (χ0v) is 27.3. The van der Waals surface area contributed by atoms with Crippen LogP contribution in [-0.2, 0) is 0 Å². The van der Waals surface area contributed by atoms with E-state index < -0.39 is 0 Å². The first-order valence-corrected chi connectivity index (χ1v) is 17.4. The molecular weight excluding hydrogens is 615 g/mol. The van der Waals surface area contributed by atoms with Gasteiger partial charge in [-0.1, -0.05) is 115 Å². The van der Waals surface area contributed by atoms with Gasteiger partial charge in [0.1, 0.15) is 11.2 Å². The van der Waals surface area contributed by atoms with Crippen molar-refractivity contribution in [2.75, 3.05) is 4.90 Å². The van der Waals surface area contributed by atoms with E-state index in [1.165, 1.54) is 30.9 Å². The van der Waals surface area contributed by atoms with Crippen LogP contribution in [0, 0.1) is 0 Å². The molecule has 230 valence electrons. The van der Waals surface area contributed by atoms with Crippen LogP contribution in [0.5, 0.6) is 0 Å². The quantitative estimate of drug-likeness (QED) is 0.186. The van der Waals surface area contributed by atoms with Gasteiger partial charge in [-0.05, 0) is 88.1 Å². The minimum atomic E-state index is 0.901. The lowest BCUT2D eigenvalue weighted by atomic mass is 10.00. The summed E-state index contributed by atoms with van der Waals surface area (Å²) in [5.74, 6) is 0. The monoisotopic (exact) mass is 643 g/mol. The SMILES string of the molecule is c1ccc(-c2cccc3c2oc2ccc(-c4ccc(N(c5ccc6ccccc6c5)c5ccc6sc7ccccc7c6c5)cc4)cc23)cc1. The van der Waals surface area contributed by atoms with Crippen LogP contribution in [0.4, 0.5) is 17.1 Å². The van der Waals surface area contributed by atoms with E-state index in [9.17, 15) is 0 Å². The second-order valence-corrected chi connectivity index (χ2v) is 13.6. The maximum absolute atomic E-state index is 6.45. The zero-order valence-electron chi connectivity index (χ0n) is 26.5. The smallest absolute Gasteiger partial charge is 0.143 e. The van der Waals surface area contributed by atoms with Crippen molar-refractivity contribution in [1.82, 2.24) is 0 Å². The van der Waals surface area contributed by atoms with E-state index in [1.54, 1.807) is 0 Å². The van der Waals surface area contributed by atoms with E-state index in [0.29, 0.717) is 0 Å². The van der Waals surface area contributed by atoms with Crippen molar-refractivity contribution in [2.24, 2.45) is 0 Å². The highest BCUT2D eigenvalue weighted by Crippen LogP contribution is 2.42. The Bertz CT molecular complexity index is 2830. The summed E-state index contributed by atoms with van der Waals surface area (Å²) in [5.41, 5.74) is 9.81. The lowest BCUT2D eigenvalue weighted by Gasteiger charge is -2.26. The van der Waals surface area contributed by atoms with Gasteiger partial charge in [-0.15, -0.1) is 11.3 Å². The van der Waals surface area contributed by atoms with Crippen molar-refractivity contribution < 1.29 is 4.42 Å². The first kappa shape index (κ1) is 27.9. The Hall–Kier alpha value is -6.16. The molecule has 0 saturated heterocycles. The van der Waals surface area contributed by atoms with Crippen molar-refractivity contribution in [3.05, 3.63) is 176 Å². The molecular formula is C46H29NOS. The molecule has 0 N–H and O–H groups in total. The topological polar surface area (TPSA) is 16.4 Å². The van der Waals surface area contributed by atoms with E-state index in [-0.39, 0.29) is 0 Å². The van der Waals surface area contributed by atoms with E-state index in [2.05, 4.69) is 175 Å². The van der Waals surface area contributed by atoms with Gasteiger partial charge in [0.15, 0.2) is 0 Å². The summed E-state index contributed by atoms with van der Waals surface area (Å²) in [7, 11) is 0. The van der Waals surface area contributed by atoms with Gasteiger partial charge in [-0.2, -0.15) is 0 Å². The molecule has 10 aromatic rings. The lowest BCUT2D eigenvalue weighted by molar-refractivity contribution is 0.670. The number of hydrogen-bond donors (Lipinski definition) is 0. The van der Waals surface area contributed by atoms with Crippen LogP contribution < -0.4 is 4.90 Å². The van der Waals surface area contributed by atoms with Gasteiger partial charge in [0.2, 0.25) is 0 Å². The predicted molar refractivity (Wildman–Crippen MR) is 210 cm³/mol. The summed E-state index contributed by atoms with van der Waals surface area (Å²) in [6.07, 6.45) is 0. The van der Waals surface area contributed by atoms with Gasteiger partial charge in [0.25, 0.3) is 0 Å². The maximum Gasteiger partial charge on any atom is 0.143 e. The third-order valence-electron chi connectivity index (χ3n) is 9.65. The molecule has 0 bridgehead atoms. The van der Waals surface area contributed by atoms with Gasteiger partial charge in [0, 0.05) is 53.6 Å².